The second-order valence-corrected chi connectivity index (χ2v) is 5.07. The lowest BCUT2D eigenvalue weighted by molar-refractivity contribution is 0.322. The Morgan fingerprint density at radius 1 is 1.43 bits per heavy atom. The molecular weight excluding hydrogens is 194 g/mol. The Bertz CT molecular complexity index is 406. The van der Waals surface area contributed by atoms with E-state index in [0.717, 1.165) is 22.4 Å². The van der Waals surface area contributed by atoms with E-state index in [-0.39, 0.29) is 0 Å². The normalized spacial score (nSPS) is 35.4. The Hall–Kier alpha value is -0.640. The highest BCUT2D eigenvalue weighted by molar-refractivity contribution is 7.71. The molecule has 0 saturated heterocycles. The lowest BCUT2D eigenvalue weighted by atomic mass is 9.95. The van der Waals surface area contributed by atoms with Crippen LogP contribution in [0.15, 0.2) is 0 Å². The summed E-state index contributed by atoms with van der Waals surface area (Å²) in [5.74, 6) is 2.87. The van der Waals surface area contributed by atoms with Crippen molar-refractivity contribution in [3.05, 3.63) is 10.6 Å². The van der Waals surface area contributed by atoms with Crippen LogP contribution in [0.25, 0.3) is 0 Å². The van der Waals surface area contributed by atoms with Crippen molar-refractivity contribution in [3.8, 4) is 0 Å². The topological polar surface area (TPSA) is 33.6 Å². The molecule has 2 saturated carbocycles. The molecule has 76 valence electrons. The number of aromatic amines is 1. The molecule has 2 aliphatic carbocycles. The van der Waals surface area contributed by atoms with Crippen LogP contribution in [-0.2, 0) is 0 Å². The number of hydrogen-bond donors (Lipinski definition) is 1. The molecule has 2 aliphatic rings. The van der Waals surface area contributed by atoms with Crippen LogP contribution in [0.1, 0.15) is 37.5 Å². The van der Waals surface area contributed by atoms with Crippen molar-refractivity contribution in [1.29, 1.82) is 0 Å². The SMILES string of the molecule is Cc1n[nH]c(=S)n1C1CC2CCC1C2. The van der Waals surface area contributed by atoms with Gasteiger partial charge in [-0.05, 0) is 50.2 Å². The fourth-order valence-corrected chi connectivity index (χ4v) is 3.61. The average molecular weight is 209 g/mol. The van der Waals surface area contributed by atoms with E-state index in [1.54, 1.807) is 0 Å². The van der Waals surface area contributed by atoms with Gasteiger partial charge in [-0.1, -0.05) is 6.42 Å². The van der Waals surface area contributed by atoms with Gasteiger partial charge in [-0.15, -0.1) is 0 Å². The van der Waals surface area contributed by atoms with Gasteiger partial charge in [-0.2, -0.15) is 5.10 Å². The van der Waals surface area contributed by atoms with Gasteiger partial charge in [0.05, 0.1) is 0 Å². The number of H-pyrrole nitrogens is 1. The third-order valence-electron chi connectivity index (χ3n) is 3.91. The third kappa shape index (κ3) is 1.10. The highest BCUT2D eigenvalue weighted by Crippen LogP contribution is 2.50. The van der Waals surface area contributed by atoms with Crippen molar-refractivity contribution in [1.82, 2.24) is 14.8 Å². The molecule has 3 unspecified atom stereocenters. The van der Waals surface area contributed by atoms with E-state index >= 15 is 0 Å². The summed E-state index contributed by atoms with van der Waals surface area (Å²) in [6.07, 6.45) is 5.56. The molecule has 3 rings (SSSR count). The average Bonchev–Trinajstić information content (AvgIpc) is 2.81. The Morgan fingerprint density at radius 2 is 2.29 bits per heavy atom. The van der Waals surface area contributed by atoms with E-state index in [0.29, 0.717) is 6.04 Å². The first-order valence-electron chi connectivity index (χ1n) is 5.39. The Kier molecular flexibility index (Phi) is 1.81. The van der Waals surface area contributed by atoms with E-state index in [1.165, 1.54) is 25.7 Å². The summed E-state index contributed by atoms with van der Waals surface area (Å²) < 4.78 is 3.04. The van der Waals surface area contributed by atoms with Gasteiger partial charge in [-0.3, -0.25) is 5.10 Å². The summed E-state index contributed by atoms with van der Waals surface area (Å²) in [6.45, 7) is 2.04. The second-order valence-electron chi connectivity index (χ2n) is 4.69. The van der Waals surface area contributed by atoms with E-state index in [9.17, 15) is 0 Å². The van der Waals surface area contributed by atoms with E-state index < -0.39 is 0 Å². The molecule has 1 N–H and O–H groups in total. The van der Waals surface area contributed by atoms with Gasteiger partial charge in [-0.25, -0.2) is 0 Å². The zero-order valence-electron chi connectivity index (χ0n) is 8.36. The zero-order chi connectivity index (χ0) is 9.71. The van der Waals surface area contributed by atoms with Gasteiger partial charge in [0.1, 0.15) is 5.82 Å². The van der Waals surface area contributed by atoms with Gasteiger partial charge >= 0.3 is 0 Å². The van der Waals surface area contributed by atoms with Crippen LogP contribution >= 0.6 is 12.2 Å². The first-order valence-corrected chi connectivity index (χ1v) is 5.80. The molecule has 4 heteroatoms. The Labute approximate surface area is 88.5 Å². The largest absolute Gasteiger partial charge is 0.301 e. The molecule has 0 spiro atoms. The van der Waals surface area contributed by atoms with Crippen molar-refractivity contribution in [3.63, 3.8) is 0 Å². The molecule has 1 aromatic rings. The lowest BCUT2D eigenvalue weighted by Gasteiger charge is -2.23. The van der Waals surface area contributed by atoms with Crippen molar-refractivity contribution in [2.24, 2.45) is 11.8 Å². The number of aryl methyl sites for hydroxylation is 1. The molecule has 3 nitrogen and oxygen atoms in total. The predicted octanol–water partition coefficient (Wildman–Crippen LogP) is 2.61. The first-order chi connectivity index (χ1) is 6.75. The number of nitrogens with one attached hydrogen (secondary N) is 1. The number of nitrogens with zero attached hydrogens (tertiary/aromatic N) is 2. The summed E-state index contributed by atoms with van der Waals surface area (Å²) in [5, 5.41) is 7.08. The summed E-state index contributed by atoms with van der Waals surface area (Å²) in [4.78, 5) is 0. The van der Waals surface area contributed by atoms with Gasteiger partial charge in [0.25, 0.3) is 0 Å². The van der Waals surface area contributed by atoms with Gasteiger partial charge in [0, 0.05) is 6.04 Å². The highest BCUT2D eigenvalue weighted by Gasteiger charge is 2.41. The molecule has 1 heterocycles. The predicted molar refractivity (Wildman–Crippen MR) is 56.6 cm³/mol. The maximum absolute atomic E-state index is 5.27. The minimum absolute atomic E-state index is 0.639. The minimum Gasteiger partial charge on any atom is -0.301 e. The smallest absolute Gasteiger partial charge is 0.195 e. The van der Waals surface area contributed by atoms with Crippen LogP contribution in [0.4, 0.5) is 0 Å². The fourth-order valence-electron chi connectivity index (χ4n) is 3.30. The standard InChI is InChI=1S/C10H15N3S/c1-6-11-12-10(14)13(6)9-5-7-2-3-8(9)4-7/h7-9H,2-5H2,1H3,(H,12,14). The maximum Gasteiger partial charge on any atom is 0.195 e. The van der Waals surface area contributed by atoms with Gasteiger partial charge in [0.15, 0.2) is 4.77 Å². The van der Waals surface area contributed by atoms with Crippen LogP contribution in [0, 0.1) is 23.5 Å². The van der Waals surface area contributed by atoms with Gasteiger partial charge < -0.3 is 4.57 Å². The number of hydrogen-bond acceptors (Lipinski definition) is 2. The number of aromatic nitrogens is 3. The van der Waals surface area contributed by atoms with Crippen LogP contribution in [0.2, 0.25) is 0 Å². The molecule has 2 fully saturated rings. The van der Waals surface area contributed by atoms with Crippen molar-refractivity contribution in [2.75, 3.05) is 0 Å². The highest BCUT2D eigenvalue weighted by atomic mass is 32.1. The summed E-state index contributed by atoms with van der Waals surface area (Å²) in [6, 6.07) is 0.639. The van der Waals surface area contributed by atoms with E-state index in [4.69, 9.17) is 12.2 Å². The van der Waals surface area contributed by atoms with Crippen LogP contribution in [0.3, 0.4) is 0 Å². The van der Waals surface area contributed by atoms with E-state index in [2.05, 4.69) is 14.8 Å². The van der Waals surface area contributed by atoms with Crippen molar-refractivity contribution in [2.45, 2.75) is 38.6 Å². The van der Waals surface area contributed by atoms with E-state index in [1.807, 2.05) is 6.92 Å². The molecule has 2 bridgehead atoms. The molecule has 0 amide bonds. The van der Waals surface area contributed by atoms with Crippen LogP contribution in [0.5, 0.6) is 0 Å². The minimum atomic E-state index is 0.639. The van der Waals surface area contributed by atoms with Crippen LogP contribution < -0.4 is 0 Å². The fraction of sp³-hybridized carbons (Fsp3) is 0.800. The molecule has 0 aliphatic heterocycles. The Morgan fingerprint density at radius 3 is 2.79 bits per heavy atom. The van der Waals surface area contributed by atoms with Crippen molar-refractivity contribution >= 4 is 12.2 Å². The van der Waals surface area contributed by atoms with Crippen LogP contribution in [-0.4, -0.2) is 14.8 Å². The quantitative estimate of drug-likeness (QED) is 0.721. The summed E-state index contributed by atoms with van der Waals surface area (Å²) in [7, 11) is 0. The molecule has 3 atom stereocenters. The van der Waals surface area contributed by atoms with Gasteiger partial charge in [0.2, 0.25) is 0 Å². The molecule has 0 aromatic carbocycles. The lowest BCUT2D eigenvalue weighted by Crippen LogP contribution is -2.17. The Balaban J connectivity index is 2.00. The zero-order valence-corrected chi connectivity index (χ0v) is 9.18. The molecule has 0 radical (unpaired) electrons. The summed E-state index contributed by atoms with van der Waals surface area (Å²) >= 11 is 5.27. The first kappa shape index (κ1) is 8.65. The second kappa shape index (κ2) is 2.92. The number of fused-ring (bicyclic) bond motifs is 2. The molecular formula is C10H15N3S. The van der Waals surface area contributed by atoms with Crippen molar-refractivity contribution < 1.29 is 0 Å². The maximum atomic E-state index is 5.27. The number of rotatable bonds is 1. The molecule has 1 aromatic heterocycles. The molecule has 14 heavy (non-hydrogen) atoms. The summed E-state index contributed by atoms with van der Waals surface area (Å²) in [5.41, 5.74) is 0. The monoisotopic (exact) mass is 209 g/mol. The third-order valence-corrected chi connectivity index (χ3v) is 4.20.